The molecule has 0 bridgehead atoms. The van der Waals surface area contributed by atoms with Crippen LogP contribution in [0.4, 0.5) is 4.39 Å². The maximum absolute atomic E-state index is 13.0. The number of carbonyl (C=O) groups is 1. The predicted octanol–water partition coefficient (Wildman–Crippen LogP) is 2.49. The third kappa shape index (κ3) is 3.61. The molecular formula is C14H17ClFNO3. The molecule has 2 unspecified atom stereocenters. The molecule has 20 heavy (non-hydrogen) atoms. The molecule has 1 aliphatic heterocycles. The number of hydrogen-bond acceptors (Lipinski definition) is 3. The minimum Gasteiger partial charge on any atom is -0.484 e. The van der Waals surface area contributed by atoms with Crippen molar-refractivity contribution < 1.29 is 18.7 Å². The monoisotopic (exact) mass is 301 g/mol. The van der Waals surface area contributed by atoms with Gasteiger partial charge in [0.2, 0.25) is 0 Å². The third-order valence-electron chi connectivity index (χ3n) is 3.18. The summed E-state index contributed by atoms with van der Waals surface area (Å²) < 4.78 is 23.8. The minimum absolute atomic E-state index is 0.0235. The number of ether oxygens (including phenoxy) is 2. The summed E-state index contributed by atoms with van der Waals surface area (Å²) in [6.07, 6.45) is 0.0235. The molecule has 1 aromatic carbocycles. The number of benzene rings is 1. The van der Waals surface area contributed by atoms with Crippen LogP contribution < -0.4 is 4.74 Å². The van der Waals surface area contributed by atoms with Crippen LogP contribution in [0, 0.1) is 5.82 Å². The van der Waals surface area contributed by atoms with E-state index in [1.54, 1.807) is 4.90 Å². The van der Waals surface area contributed by atoms with E-state index >= 15 is 0 Å². The van der Waals surface area contributed by atoms with Crippen molar-refractivity contribution in [3.63, 3.8) is 0 Å². The topological polar surface area (TPSA) is 38.8 Å². The van der Waals surface area contributed by atoms with Crippen LogP contribution in [0.5, 0.6) is 5.75 Å². The average molecular weight is 302 g/mol. The van der Waals surface area contributed by atoms with Gasteiger partial charge in [-0.15, -0.1) is 0 Å². The van der Waals surface area contributed by atoms with Crippen LogP contribution in [0.15, 0.2) is 18.2 Å². The van der Waals surface area contributed by atoms with Crippen LogP contribution in [-0.2, 0) is 9.53 Å². The summed E-state index contributed by atoms with van der Waals surface area (Å²) >= 11 is 5.65. The van der Waals surface area contributed by atoms with Crippen LogP contribution in [0.1, 0.15) is 13.8 Å². The second-order valence-electron chi connectivity index (χ2n) is 4.90. The van der Waals surface area contributed by atoms with Crippen molar-refractivity contribution in [2.24, 2.45) is 0 Å². The Morgan fingerprint density at radius 3 is 3.00 bits per heavy atom. The van der Waals surface area contributed by atoms with Gasteiger partial charge in [-0.2, -0.15) is 0 Å². The van der Waals surface area contributed by atoms with Crippen molar-refractivity contribution in [1.82, 2.24) is 4.90 Å². The van der Waals surface area contributed by atoms with Crippen molar-refractivity contribution in [1.29, 1.82) is 0 Å². The Balaban J connectivity index is 1.92. The highest BCUT2D eigenvalue weighted by atomic mass is 35.5. The highest BCUT2D eigenvalue weighted by molar-refractivity contribution is 6.30. The van der Waals surface area contributed by atoms with E-state index in [-0.39, 0.29) is 29.7 Å². The molecule has 1 saturated heterocycles. The number of amides is 1. The molecule has 1 heterocycles. The molecule has 0 N–H and O–H groups in total. The zero-order valence-electron chi connectivity index (χ0n) is 11.4. The summed E-state index contributed by atoms with van der Waals surface area (Å²) in [5.41, 5.74) is 0. The molecule has 1 aliphatic rings. The van der Waals surface area contributed by atoms with Gasteiger partial charge in [-0.3, -0.25) is 4.79 Å². The summed E-state index contributed by atoms with van der Waals surface area (Å²) in [7, 11) is 0. The molecule has 0 aromatic heterocycles. The molecule has 0 spiro atoms. The van der Waals surface area contributed by atoms with Crippen molar-refractivity contribution in [3.8, 4) is 5.75 Å². The normalized spacial score (nSPS) is 22.7. The standard InChI is InChI=1S/C14H17ClFNO3/c1-9-7-19-10(2)6-17(9)14(18)8-20-11-3-4-13(16)12(15)5-11/h3-5,9-10H,6-8H2,1-2H3. The van der Waals surface area contributed by atoms with Gasteiger partial charge in [-0.05, 0) is 26.0 Å². The van der Waals surface area contributed by atoms with E-state index in [1.165, 1.54) is 18.2 Å². The number of hydrogen-bond donors (Lipinski definition) is 0. The molecule has 0 radical (unpaired) electrons. The number of morpholine rings is 1. The Morgan fingerprint density at radius 2 is 2.30 bits per heavy atom. The second kappa shape index (κ2) is 6.41. The highest BCUT2D eigenvalue weighted by Gasteiger charge is 2.27. The molecule has 1 fully saturated rings. The number of nitrogens with zero attached hydrogens (tertiary/aromatic N) is 1. The zero-order chi connectivity index (χ0) is 14.7. The van der Waals surface area contributed by atoms with E-state index in [0.717, 1.165) is 0 Å². The maximum Gasteiger partial charge on any atom is 0.260 e. The Bertz CT molecular complexity index is 497. The quantitative estimate of drug-likeness (QED) is 0.861. The molecule has 6 heteroatoms. The van der Waals surface area contributed by atoms with Gasteiger partial charge in [-0.1, -0.05) is 11.6 Å². The molecule has 4 nitrogen and oxygen atoms in total. The van der Waals surface area contributed by atoms with Crippen molar-refractivity contribution >= 4 is 17.5 Å². The smallest absolute Gasteiger partial charge is 0.260 e. The fourth-order valence-electron chi connectivity index (χ4n) is 2.05. The lowest BCUT2D eigenvalue weighted by atomic mass is 10.2. The molecule has 2 rings (SSSR count). The van der Waals surface area contributed by atoms with E-state index in [2.05, 4.69) is 0 Å². The Hall–Kier alpha value is -1.33. The van der Waals surface area contributed by atoms with E-state index in [0.29, 0.717) is 18.9 Å². The summed E-state index contributed by atoms with van der Waals surface area (Å²) in [6.45, 7) is 4.83. The van der Waals surface area contributed by atoms with Crippen molar-refractivity contribution in [2.45, 2.75) is 26.0 Å². The van der Waals surface area contributed by atoms with E-state index in [9.17, 15) is 9.18 Å². The lowest BCUT2D eigenvalue weighted by Crippen LogP contribution is -2.51. The van der Waals surface area contributed by atoms with Gasteiger partial charge in [0, 0.05) is 12.6 Å². The van der Waals surface area contributed by atoms with Gasteiger partial charge in [-0.25, -0.2) is 4.39 Å². The number of carbonyl (C=O) groups excluding carboxylic acids is 1. The van der Waals surface area contributed by atoms with Crippen LogP contribution >= 0.6 is 11.6 Å². The molecule has 1 aromatic rings. The first-order valence-electron chi connectivity index (χ1n) is 6.46. The van der Waals surface area contributed by atoms with E-state index < -0.39 is 5.82 Å². The Labute approximate surface area is 122 Å². The van der Waals surface area contributed by atoms with E-state index in [1.807, 2.05) is 13.8 Å². The van der Waals surface area contributed by atoms with Gasteiger partial charge < -0.3 is 14.4 Å². The summed E-state index contributed by atoms with van der Waals surface area (Å²) in [5, 5.41) is -0.0247. The summed E-state index contributed by atoms with van der Waals surface area (Å²) in [6, 6.07) is 4.04. The van der Waals surface area contributed by atoms with Crippen molar-refractivity contribution in [3.05, 3.63) is 29.0 Å². The summed E-state index contributed by atoms with van der Waals surface area (Å²) in [5.74, 6) is -0.257. The van der Waals surface area contributed by atoms with Gasteiger partial charge in [0.05, 0.1) is 23.8 Å². The van der Waals surface area contributed by atoms with Gasteiger partial charge >= 0.3 is 0 Å². The fourth-order valence-corrected chi connectivity index (χ4v) is 2.22. The van der Waals surface area contributed by atoms with Gasteiger partial charge in [0.1, 0.15) is 11.6 Å². The molecule has 110 valence electrons. The second-order valence-corrected chi connectivity index (χ2v) is 5.31. The Kier molecular flexibility index (Phi) is 4.83. The lowest BCUT2D eigenvalue weighted by Gasteiger charge is -2.36. The first-order valence-corrected chi connectivity index (χ1v) is 6.84. The highest BCUT2D eigenvalue weighted by Crippen LogP contribution is 2.21. The molecule has 0 aliphatic carbocycles. The predicted molar refractivity (Wildman–Crippen MR) is 73.5 cm³/mol. The van der Waals surface area contributed by atoms with E-state index in [4.69, 9.17) is 21.1 Å². The number of halogens is 2. The van der Waals surface area contributed by atoms with Crippen LogP contribution in [0.25, 0.3) is 0 Å². The molecular weight excluding hydrogens is 285 g/mol. The number of rotatable bonds is 3. The third-order valence-corrected chi connectivity index (χ3v) is 3.47. The van der Waals surface area contributed by atoms with Gasteiger partial charge in [0.25, 0.3) is 5.91 Å². The minimum atomic E-state index is -0.513. The zero-order valence-corrected chi connectivity index (χ0v) is 12.2. The first-order chi connectivity index (χ1) is 9.47. The van der Waals surface area contributed by atoms with Crippen LogP contribution in [0.2, 0.25) is 5.02 Å². The fraction of sp³-hybridized carbons (Fsp3) is 0.500. The van der Waals surface area contributed by atoms with Crippen LogP contribution in [0.3, 0.4) is 0 Å². The van der Waals surface area contributed by atoms with Gasteiger partial charge in [0.15, 0.2) is 6.61 Å². The SMILES string of the molecule is CC1CN(C(=O)COc2ccc(F)c(Cl)c2)C(C)CO1. The largest absolute Gasteiger partial charge is 0.484 e. The average Bonchev–Trinajstić information content (AvgIpc) is 2.42. The van der Waals surface area contributed by atoms with Crippen LogP contribution in [-0.4, -0.2) is 42.7 Å². The molecule has 1 amide bonds. The molecule has 2 atom stereocenters. The summed E-state index contributed by atoms with van der Waals surface area (Å²) in [4.78, 5) is 13.9. The first kappa shape index (κ1) is 15.1. The molecule has 0 saturated carbocycles. The maximum atomic E-state index is 13.0. The van der Waals surface area contributed by atoms with Crippen molar-refractivity contribution in [2.75, 3.05) is 19.8 Å². The lowest BCUT2D eigenvalue weighted by molar-refractivity contribution is -0.145. The Morgan fingerprint density at radius 1 is 1.55 bits per heavy atom.